The lowest BCUT2D eigenvalue weighted by atomic mass is 10.3. The molecule has 1 aliphatic heterocycles. The van der Waals surface area contributed by atoms with E-state index >= 15 is 0 Å². The van der Waals surface area contributed by atoms with Gasteiger partial charge in [0.15, 0.2) is 0 Å². The fourth-order valence-electron chi connectivity index (χ4n) is 0.862. The van der Waals surface area contributed by atoms with Crippen molar-refractivity contribution in [3.8, 4) is 0 Å². The Hall–Kier alpha value is -0.370. The van der Waals surface area contributed by atoms with Gasteiger partial charge in [0.2, 0.25) is 0 Å². The average molecular weight is 158 g/mol. The van der Waals surface area contributed by atoms with Gasteiger partial charge in [-0.3, -0.25) is 0 Å². The molecular formula is C9H18O2. The lowest BCUT2D eigenvalue weighted by molar-refractivity contribution is -0.117. The van der Waals surface area contributed by atoms with E-state index in [-0.39, 0.29) is 5.78 Å². The Balaban J connectivity index is 0.000000183. The van der Waals surface area contributed by atoms with Crippen molar-refractivity contribution in [1.29, 1.82) is 0 Å². The summed E-state index contributed by atoms with van der Waals surface area (Å²) < 4.78 is 4.94. The van der Waals surface area contributed by atoms with Crippen LogP contribution in [-0.4, -0.2) is 19.0 Å². The van der Waals surface area contributed by atoms with Gasteiger partial charge in [-0.15, -0.1) is 0 Å². The van der Waals surface area contributed by atoms with Crippen LogP contribution in [-0.2, 0) is 9.53 Å². The first kappa shape index (κ1) is 10.6. The first-order valence-corrected chi connectivity index (χ1v) is 4.34. The second-order valence-corrected chi connectivity index (χ2v) is 2.77. The topological polar surface area (TPSA) is 26.3 Å². The standard InChI is InChI=1S/C5H10O.C4H8O/c1-3-4-5(2)6;1-2-4-5-3-1/h3-4H2,1-2H3;1-4H2. The van der Waals surface area contributed by atoms with Crippen molar-refractivity contribution in [1.82, 2.24) is 0 Å². The Morgan fingerprint density at radius 3 is 2.00 bits per heavy atom. The third kappa shape index (κ3) is 9.63. The van der Waals surface area contributed by atoms with Gasteiger partial charge in [-0.1, -0.05) is 6.92 Å². The maximum absolute atomic E-state index is 10.0. The normalized spacial score (nSPS) is 15.5. The number of rotatable bonds is 2. The summed E-state index contributed by atoms with van der Waals surface area (Å²) in [6.07, 6.45) is 4.27. The van der Waals surface area contributed by atoms with Gasteiger partial charge < -0.3 is 9.53 Å². The van der Waals surface area contributed by atoms with Crippen LogP contribution in [0.3, 0.4) is 0 Å². The van der Waals surface area contributed by atoms with Gasteiger partial charge in [-0.2, -0.15) is 0 Å². The summed E-state index contributed by atoms with van der Waals surface area (Å²) in [6.45, 7) is 5.62. The molecule has 2 heteroatoms. The number of ether oxygens (including phenoxy) is 1. The van der Waals surface area contributed by atoms with Crippen LogP contribution < -0.4 is 0 Å². The van der Waals surface area contributed by atoms with Gasteiger partial charge in [0, 0.05) is 19.6 Å². The molecular weight excluding hydrogens is 140 g/mol. The zero-order valence-electron chi connectivity index (χ0n) is 7.56. The maximum Gasteiger partial charge on any atom is 0.129 e. The molecule has 1 fully saturated rings. The minimum Gasteiger partial charge on any atom is -0.381 e. The molecule has 1 rings (SSSR count). The minimum absolute atomic E-state index is 0.289. The van der Waals surface area contributed by atoms with Crippen molar-refractivity contribution in [3.63, 3.8) is 0 Å². The molecule has 0 N–H and O–H groups in total. The predicted molar refractivity (Wildman–Crippen MR) is 45.6 cm³/mol. The summed E-state index contributed by atoms with van der Waals surface area (Å²) in [6, 6.07) is 0. The van der Waals surface area contributed by atoms with Crippen LogP contribution in [0.1, 0.15) is 39.5 Å². The van der Waals surface area contributed by atoms with Gasteiger partial charge in [0.05, 0.1) is 0 Å². The number of Topliss-reactive ketones (excluding diaryl/α,β-unsaturated/α-hetero) is 1. The first-order valence-electron chi connectivity index (χ1n) is 4.34. The fraction of sp³-hybridized carbons (Fsp3) is 0.889. The Kier molecular flexibility index (Phi) is 7.47. The molecule has 2 nitrogen and oxygen atoms in total. The monoisotopic (exact) mass is 158 g/mol. The molecule has 0 aliphatic carbocycles. The molecule has 66 valence electrons. The Bertz CT molecular complexity index is 88.1. The maximum atomic E-state index is 10.0. The van der Waals surface area contributed by atoms with E-state index in [4.69, 9.17) is 4.74 Å². The van der Waals surface area contributed by atoms with Crippen LogP contribution in [0.2, 0.25) is 0 Å². The van der Waals surface area contributed by atoms with Crippen LogP contribution in [0, 0.1) is 0 Å². The molecule has 0 amide bonds. The smallest absolute Gasteiger partial charge is 0.129 e. The molecule has 0 aromatic carbocycles. The second-order valence-electron chi connectivity index (χ2n) is 2.77. The summed E-state index contributed by atoms with van der Waals surface area (Å²) in [5.41, 5.74) is 0. The Morgan fingerprint density at radius 1 is 1.36 bits per heavy atom. The number of carbonyl (C=O) groups excluding carboxylic acids is 1. The predicted octanol–water partition coefficient (Wildman–Crippen LogP) is 2.17. The van der Waals surface area contributed by atoms with Crippen molar-refractivity contribution in [2.24, 2.45) is 0 Å². The molecule has 1 aliphatic rings. The third-order valence-electron chi connectivity index (χ3n) is 1.43. The van der Waals surface area contributed by atoms with Crippen molar-refractivity contribution < 1.29 is 9.53 Å². The zero-order chi connectivity index (χ0) is 8.53. The van der Waals surface area contributed by atoms with E-state index in [2.05, 4.69) is 0 Å². The SMILES string of the molecule is C1CCOC1.CCCC(C)=O. The van der Waals surface area contributed by atoms with Crippen LogP contribution in [0.25, 0.3) is 0 Å². The highest BCUT2D eigenvalue weighted by Crippen LogP contribution is 1.98. The van der Waals surface area contributed by atoms with Crippen molar-refractivity contribution in [2.75, 3.05) is 13.2 Å². The minimum atomic E-state index is 0.289. The second kappa shape index (κ2) is 7.73. The number of ketones is 1. The molecule has 1 saturated heterocycles. The van der Waals surface area contributed by atoms with E-state index in [0.29, 0.717) is 0 Å². The molecule has 11 heavy (non-hydrogen) atoms. The van der Waals surface area contributed by atoms with E-state index in [1.165, 1.54) is 12.8 Å². The molecule has 0 bridgehead atoms. The summed E-state index contributed by atoms with van der Waals surface area (Å²) in [4.78, 5) is 10.0. The van der Waals surface area contributed by atoms with Crippen LogP contribution in [0.5, 0.6) is 0 Å². The molecule has 0 radical (unpaired) electrons. The van der Waals surface area contributed by atoms with Crippen molar-refractivity contribution in [2.45, 2.75) is 39.5 Å². The molecule has 0 aromatic rings. The summed E-state index contributed by atoms with van der Waals surface area (Å²) in [5.74, 6) is 0.289. The van der Waals surface area contributed by atoms with Crippen LogP contribution >= 0.6 is 0 Å². The zero-order valence-corrected chi connectivity index (χ0v) is 7.56. The quantitative estimate of drug-likeness (QED) is 0.615. The first-order chi connectivity index (χ1) is 5.27. The van der Waals surface area contributed by atoms with Crippen LogP contribution in [0.15, 0.2) is 0 Å². The summed E-state index contributed by atoms with van der Waals surface area (Å²) in [5, 5.41) is 0. The highest BCUT2D eigenvalue weighted by atomic mass is 16.5. The van der Waals surface area contributed by atoms with E-state index in [1.807, 2.05) is 6.92 Å². The third-order valence-corrected chi connectivity index (χ3v) is 1.43. The highest BCUT2D eigenvalue weighted by molar-refractivity contribution is 5.75. The lowest BCUT2D eigenvalue weighted by Gasteiger charge is -1.80. The fourth-order valence-corrected chi connectivity index (χ4v) is 0.862. The highest BCUT2D eigenvalue weighted by Gasteiger charge is 1.94. The molecule has 1 heterocycles. The van der Waals surface area contributed by atoms with Gasteiger partial charge in [0.1, 0.15) is 5.78 Å². The van der Waals surface area contributed by atoms with Gasteiger partial charge in [-0.25, -0.2) is 0 Å². The lowest BCUT2D eigenvalue weighted by Crippen LogP contribution is -1.84. The largest absolute Gasteiger partial charge is 0.381 e. The molecule has 0 unspecified atom stereocenters. The van der Waals surface area contributed by atoms with Gasteiger partial charge >= 0.3 is 0 Å². The molecule has 0 saturated carbocycles. The van der Waals surface area contributed by atoms with E-state index < -0.39 is 0 Å². The van der Waals surface area contributed by atoms with E-state index in [0.717, 1.165) is 26.1 Å². The molecule has 0 spiro atoms. The Morgan fingerprint density at radius 2 is 1.91 bits per heavy atom. The van der Waals surface area contributed by atoms with E-state index in [1.54, 1.807) is 6.92 Å². The van der Waals surface area contributed by atoms with Gasteiger partial charge in [-0.05, 0) is 26.2 Å². The average Bonchev–Trinajstić information content (AvgIpc) is 2.41. The number of carbonyl (C=O) groups is 1. The molecule has 0 aromatic heterocycles. The van der Waals surface area contributed by atoms with Gasteiger partial charge in [0.25, 0.3) is 0 Å². The van der Waals surface area contributed by atoms with Crippen molar-refractivity contribution in [3.05, 3.63) is 0 Å². The summed E-state index contributed by atoms with van der Waals surface area (Å²) in [7, 11) is 0. The van der Waals surface area contributed by atoms with Crippen LogP contribution in [0.4, 0.5) is 0 Å². The number of hydrogen-bond acceptors (Lipinski definition) is 2. The Labute approximate surface area is 68.9 Å². The van der Waals surface area contributed by atoms with Crippen molar-refractivity contribution >= 4 is 5.78 Å². The summed E-state index contributed by atoms with van der Waals surface area (Å²) >= 11 is 0. The molecule has 0 atom stereocenters. The number of hydrogen-bond donors (Lipinski definition) is 0. The van der Waals surface area contributed by atoms with E-state index in [9.17, 15) is 4.79 Å².